The lowest BCUT2D eigenvalue weighted by Crippen LogP contribution is -2.32. The number of hydrogen-bond acceptors (Lipinski definition) is 4. The first-order chi connectivity index (χ1) is 12.2. The number of rotatable bonds is 7. The zero-order chi connectivity index (χ0) is 17.6. The molecule has 1 N–H and O–H groups in total. The van der Waals surface area contributed by atoms with E-state index in [1.165, 1.54) is 7.11 Å². The highest BCUT2D eigenvalue weighted by Gasteiger charge is 2.20. The Kier molecular flexibility index (Phi) is 5.65. The number of carbonyl (C=O) groups is 2. The van der Waals surface area contributed by atoms with Crippen LogP contribution in [0, 0.1) is 0 Å². The van der Waals surface area contributed by atoms with E-state index in [9.17, 15) is 9.59 Å². The third-order valence-corrected chi connectivity index (χ3v) is 4.43. The Hall–Kier alpha value is -2.41. The molecule has 25 heavy (non-hydrogen) atoms. The second-order valence-corrected chi connectivity index (χ2v) is 6.22. The fourth-order valence-corrected chi connectivity index (χ4v) is 3.19. The van der Waals surface area contributed by atoms with Gasteiger partial charge in [-0.25, -0.2) is 4.98 Å². The largest absolute Gasteiger partial charge is 0.375 e. The van der Waals surface area contributed by atoms with Gasteiger partial charge >= 0.3 is 0 Å². The summed E-state index contributed by atoms with van der Waals surface area (Å²) in [5, 5.41) is 2.80. The van der Waals surface area contributed by atoms with Crippen molar-refractivity contribution in [2.45, 2.75) is 25.8 Å². The predicted molar refractivity (Wildman–Crippen MR) is 94.1 cm³/mol. The first-order valence-corrected chi connectivity index (χ1v) is 8.66. The van der Waals surface area contributed by atoms with Gasteiger partial charge in [0.2, 0.25) is 11.8 Å². The molecule has 2 aromatic rings. The number of benzene rings is 1. The van der Waals surface area contributed by atoms with Gasteiger partial charge in [-0.2, -0.15) is 0 Å². The highest BCUT2D eigenvalue weighted by Crippen LogP contribution is 2.17. The van der Waals surface area contributed by atoms with E-state index in [2.05, 4.69) is 10.3 Å². The number of fused-ring (bicyclic) bond motifs is 1. The number of amides is 2. The summed E-state index contributed by atoms with van der Waals surface area (Å²) < 4.78 is 6.78. The zero-order valence-corrected chi connectivity index (χ0v) is 14.5. The molecule has 3 rings (SSSR count). The van der Waals surface area contributed by atoms with E-state index in [-0.39, 0.29) is 18.4 Å². The van der Waals surface area contributed by atoms with Gasteiger partial charge < -0.3 is 19.5 Å². The van der Waals surface area contributed by atoms with Crippen LogP contribution >= 0.6 is 0 Å². The maximum atomic E-state index is 12.6. The molecule has 7 heteroatoms. The summed E-state index contributed by atoms with van der Waals surface area (Å²) in [5.41, 5.74) is 1.82. The third-order valence-electron chi connectivity index (χ3n) is 4.43. The Balaban J connectivity index is 1.74. The van der Waals surface area contributed by atoms with Gasteiger partial charge in [-0.3, -0.25) is 9.59 Å². The molecule has 0 aliphatic carbocycles. The maximum absolute atomic E-state index is 12.6. The number of aromatic nitrogens is 2. The minimum Gasteiger partial charge on any atom is -0.375 e. The number of imidazole rings is 1. The van der Waals surface area contributed by atoms with Crippen molar-refractivity contribution in [2.75, 3.05) is 33.4 Å². The molecule has 1 saturated heterocycles. The first kappa shape index (κ1) is 17.4. The van der Waals surface area contributed by atoms with Gasteiger partial charge in [0.15, 0.2) is 0 Å². The Morgan fingerprint density at radius 1 is 1.24 bits per heavy atom. The number of para-hydroxylation sites is 2. The normalized spacial score (nSPS) is 14.2. The van der Waals surface area contributed by atoms with Crippen LogP contribution in [0.1, 0.15) is 18.7 Å². The molecule has 2 heterocycles. The zero-order valence-electron chi connectivity index (χ0n) is 14.5. The van der Waals surface area contributed by atoms with Gasteiger partial charge in [0, 0.05) is 33.2 Å². The molecular formula is C18H24N4O3. The fraction of sp³-hybridized carbons (Fsp3) is 0.500. The number of hydrogen-bond donors (Lipinski definition) is 1. The number of nitrogens with zero attached hydrogens (tertiary/aromatic N) is 3. The SMILES string of the molecule is COCC(=O)NCCc1nc2ccccc2n1CC(=O)N1CCCC1. The van der Waals surface area contributed by atoms with Gasteiger partial charge in [-0.1, -0.05) is 12.1 Å². The molecule has 0 unspecified atom stereocenters. The lowest BCUT2D eigenvalue weighted by molar-refractivity contribution is -0.130. The van der Waals surface area contributed by atoms with Gasteiger partial charge in [-0.05, 0) is 25.0 Å². The Morgan fingerprint density at radius 3 is 2.76 bits per heavy atom. The van der Waals surface area contributed by atoms with Gasteiger partial charge in [0.1, 0.15) is 19.0 Å². The van der Waals surface area contributed by atoms with E-state index in [0.717, 1.165) is 42.8 Å². The van der Waals surface area contributed by atoms with Crippen LogP contribution in [0.5, 0.6) is 0 Å². The van der Waals surface area contributed by atoms with Crippen LogP contribution < -0.4 is 5.32 Å². The number of methoxy groups -OCH3 is 1. The molecule has 134 valence electrons. The van der Waals surface area contributed by atoms with Crippen molar-refractivity contribution in [3.63, 3.8) is 0 Å². The fourth-order valence-electron chi connectivity index (χ4n) is 3.19. The predicted octanol–water partition coefficient (Wildman–Crippen LogP) is 0.964. The molecule has 0 bridgehead atoms. The number of likely N-dealkylation sites (tertiary alicyclic amines) is 1. The van der Waals surface area contributed by atoms with E-state index in [0.29, 0.717) is 19.5 Å². The lowest BCUT2D eigenvalue weighted by atomic mass is 10.3. The summed E-state index contributed by atoms with van der Waals surface area (Å²) in [4.78, 5) is 30.6. The topological polar surface area (TPSA) is 76.5 Å². The number of ether oxygens (including phenoxy) is 1. The minimum atomic E-state index is -0.154. The number of carbonyl (C=O) groups excluding carboxylic acids is 2. The summed E-state index contributed by atoms with van der Waals surface area (Å²) in [6, 6.07) is 7.81. The molecule has 1 aliphatic heterocycles. The van der Waals surface area contributed by atoms with Crippen molar-refractivity contribution in [1.29, 1.82) is 0 Å². The third kappa shape index (κ3) is 4.17. The van der Waals surface area contributed by atoms with Gasteiger partial charge in [0.05, 0.1) is 11.0 Å². The van der Waals surface area contributed by atoms with Gasteiger partial charge in [0.25, 0.3) is 0 Å². The van der Waals surface area contributed by atoms with Crippen molar-refractivity contribution >= 4 is 22.8 Å². The molecule has 0 atom stereocenters. The minimum absolute atomic E-state index is 0.0455. The highest BCUT2D eigenvalue weighted by atomic mass is 16.5. The van der Waals surface area contributed by atoms with E-state index >= 15 is 0 Å². The maximum Gasteiger partial charge on any atom is 0.245 e. The Labute approximate surface area is 147 Å². The molecular weight excluding hydrogens is 320 g/mol. The van der Waals surface area contributed by atoms with Crippen molar-refractivity contribution in [3.05, 3.63) is 30.1 Å². The average molecular weight is 344 g/mol. The van der Waals surface area contributed by atoms with Crippen LogP contribution in [0.25, 0.3) is 11.0 Å². The van der Waals surface area contributed by atoms with E-state index < -0.39 is 0 Å². The lowest BCUT2D eigenvalue weighted by Gasteiger charge is -2.17. The summed E-state index contributed by atoms with van der Waals surface area (Å²) >= 11 is 0. The van der Waals surface area contributed by atoms with Crippen LogP contribution in [0.4, 0.5) is 0 Å². The van der Waals surface area contributed by atoms with Gasteiger partial charge in [-0.15, -0.1) is 0 Å². The molecule has 1 aliphatic rings. The smallest absolute Gasteiger partial charge is 0.245 e. The monoisotopic (exact) mass is 344 g/mol. The summed E-state index contributed by atoms with van der Waals surface area (Å²) in [6.45, 7) is 2.48. The van der Waals surface area contributed by atoms with E-state index in [1.807, 2.05) is 33.7 Å². The molecule has 0 radical (unpaired) electrons. The quantitative estimate of drug-likeness (QED) is 0.812. The van der Waals surface area contributed by atoms with Crippen LogP contribution in [-0.4, -0.2) is 59.6 Å². The molecule has 1 aromatic carbocycles. The summed E-state index contributed by atoms with van der Waals surface area (Å²) in [7, 11) is 1.49. The average Bonchev–Trinajstić information content (AvgIpc) is 3.24. The van der Waals surface area contributed by atoms with Crippen LogP contribution in [0.2, 0.25) is 0 Å². The highest BCUT2D eigenvalue weighted by molar-refractivity contribution is 5.81. The molecule has 0 spiro atoms. The molecule has 0 saturated carbocycles. The molecule has 1 fully saturated rings. The van der Waals surface area contributed by atoms with Crippen LogP contribution in [0.15, 0.2) is 24.3 Å². The van der Waals surface area contributed by atoms with E-state index in [1.54, 1.807) is 0 Å². The van der Waals surface area contributed by atoms with Crippen molar-refractivity contribution in [1.82, 2.24) is 19.8 Å². The summed E-state index contributed by atoms with van der Waals surface area (Å²) in [5.74, 6) is 0.787. The second kappa shape index (κ2) is 8.11. The molecule has 2 amide bonds. The van der Waals surface area contributed by atoms with E-state index in [4.69, 9.17) is 4.74 Å². The van der Waals surface area contributed by atoms with Crippen molar-refractivity contribution in [2.24, 2.45) is 0 Å². The molecule has 7 nitrogen and oxygen atoms in total. The summed E-state index contributed by atoms with van der Waals surface area (Å²) in [6.07, 6.45) is 2.72. The molecule has 1 aromatic heterocycles. The van der Waals surface area contributed by atoms with Crippen LogP contribution in [0.3, 0.4) is 0 Å². The number of nitrogens with one attached hydrogen (secondary N) is 1. The standard InChI is InChI=1S/C18H24N4O3/c1-25-13-17(23)19-9-8-16-20-14-6-2-3-7-15(14)22(16)12-18(24)21-10-4-5-11-21/h2-3,6-7H,4-5,8-13H2,1H3,(H,19,23). The van der Waals surface area contributed by atoms with Crippen molar-refractivity contribution < 1.29 is 14.3 Å². The van der Waals surface area contributed by atoms with Crippen molar-refractivity contribution in [3.8, 4) is 0 Å². The second-order valence-electron chi connectivity index (χ2n) is 6.22. The Bertz CT molecular complexity index is 750. The first-order valence-electron chi connectivity index (χ1n) is 8.66. The Morgan fingerprint density at radius 2 is 2.00 bits per heavy atom. The van der Waals surface area contributed by atoms with Crippen LogP contribution in [-0.2, 0) is 27.3 Å².